The summed E-state index contributed by atoms with van der Waals surface area (Å²) >= 11 is 0. The summed E-state index contributed by atoms with van der Waals surface area (Å²) < 4.78 is 4.89. The largest absolute Gasteiger partial charge is 0.463 e. The van der Waals surface area contributed by atoms with Crippen molar-refractivity contribution in [2.24, 2.45) is 5.92 Å². The molecule has 0 saturated heterocycles. The van der Waals surface area contributed by atoms with Crippen LogP contribution in [-0.4, -0.2) is 22.7 Å². The van der Waals surface area contributed by atoms with Crippen LogP contribution in [0.15, 0.2) is 24.4 Å². The SMILES string of the molecule is CC(C)COC(=O)C(O)c1ccccn1. The first kappa shape index (κ1) is 11.7. The first-order valence-electron chi connectivity index (χ1n) is 4.87. The van der Waals surface area contributed by atoms with Gasteiger partial charge >= 0.3 is 5.97 Å². The molecule has 0 aromatic carbocycles. The number of hydrogen-bond acceptors (Lipinski definition) is 4. The third kappa shape index (κ3) is 3.67. The molecule has 0 fully saturated rings. The van der Waals surface area contributed by atoms with Crippen molar-refractivity contribution in [3.8, 4) is 0 Å². The van der Waals surface area contributed by atoms with Crippen LogP contribution in [0.25, 0.3) is 0 Å². The maximum absolute atomic E-state index is 11.3. The Morgan fingerprint density at radius 2 is 2.27 bits per heavy atom. The summed E-state index contributed by atoms with van der Waals surface area (Å²) in [6.45, 7) is 4.17. The van der Waals surface area contributed by atoms with Crippen LogP contribution in [0.5, 0.6) is 0 Å². The van der Waals surface area contributed by atoms with Crippen LogP contribution >= 0.6 is 0 Å². The number of hydrogen-bond donors (Lipinski definition) is 1. The molecular formula is C11H15NO3. The fourth-order valence-electron chi connectivity index (χ4n) is 0.986. The maximum Gasteiger partial charge on any atom is 0.341 e. The molecule has 1 unspecified atom stereocenters. The van der Waals surface area contributed by atoms with Gasteiger partial charge in [-0.3, -0.25) is 4.98 Å². The van der Waals surface area contributed by atoms with E-state index in [2.05, 4.69) is 4.98 Å². The van der Waals surface area contributed by atoms with E-state index in [1.807, 2.05) is 13.8 Å². The lowest BCUT2D eigenvalue weighted by atomic mass is 10.2. The van der Waals surface area contributed by atoms with Crippen molar-refractivity contribution < 1.29 is 14.6 Å². The molecule has 4 nitrogen and oxygen atoms in total. The van der Waals surface area contributed by atoms with Gasteiger partial charge in [0.15, 0.2) is 6.10 Å². The number of rotatable bonds is 4. The molecule has 1 atom stereocenters. The molecule has 1 N–H and O–H groups in total. The molecule has 0 spiro atoms. The number of carbonyl (C=O) groups is 1. The minimum absolute atomic E-state index is 0.255. The van der Waals surface area contributed by atoms with Gasteiger partial charge in [0.1, 0.15) is 0 Å². The molecule has 1 rings (SSSR count). The molecule has 1 aromatic heterocycles. The van der Waals surface area contributed by atoms with Crippen LogP contribution in [0.1, 0.15) is 25.6 Å². The van der Waals surface area contributed by atoms with E-state index < -0.39 is 12.1 Å². The fraction of sp³-hybridized carbons (Fsp3) is 0.455. The summed E-state index contributed by atoms with van der Waals surface area (Å²) in [5.74, 6) is -0.396. The van der Waals surface area contributed by atoms with Gasteiger partial charge in [0.25, 0.3) is 0 Å². The Balaban J connectivity index is 2.54. The lowest BCUT2D eigenvalue weighted by molar-refractivity contribution is -0.155. The average Bonchev–Trinajstić information content (AvgIpc) is 2.26. The number of aliphatic hydroxyl groups is 1. The molecule has 4 heteroatoms. The summed E-state index contributed by atoms with van der Waals surface area (Å²) in [6.07, 6.45) is 0.235. The summed E-state index contributed by atoms with van der Waals surface area (Å²) in [5.41, 5.74) is 0.311. The van der Waals surface area contributed by atoms with Gasteiger partial charge in [-0.25, -0.2) is 4.79 Å². The Morgan fingerprint density at radius 1 is 1.53 bits per heavy atom. The van der Waals surface area contributed by atoms with Gasteiger partial charge in [0.2, 0.25) is 0 Å². The van der Waals surface area contributed by atoms with E-state index in [-0.39, 0.29) is 5.92 Å². The van der Waals surface area contributed by atoms with Gasteiger partial charge in [-0.05, 0) is 18.1 Å². The Hall–Kier alpha value is -1.42. The second-order valence-corrected chi connectivity index (χ2v) is 3.68. The number of nitrogens with zero attached hydrogens (tertiary/aromatic N) is 1. The smallest absolute Gasteiger partial charge is 0.341 e. The summed E-state index contributed by atoms with van der Waals surface area (Å²) in [4.78, 5) is 15.2. The monoisotopic (exact) mass is 209 g/mol. The first-order chi connectivity index (χ1) is 7.11. The van der Waals surface area contributed by atoms with Crippen LogP contribution in [-0.2, 0) is 9.53 Å². The van der Waals surface area contributed by atoms with E-state index >= 15 is 0 Å². The van der Waals surface area contributed by atoms with Crippen LogP contribution < -0.4 is 0 Å². The van der Waals surface area contributed by atoms with Crippen molar-refractivity contribution in [2.45, 2.75) is 20.0 Å². The minimum atomic E-state index is -1.29. The highest BCUT2D eigenvalue weighted by Gasteiger charge is 2.19. The zero-order valence-corrected chi connectivity index (χ0v) is 8.88. The molecule has 0 saturated carbocycles. The van der Waals surface area contributed by atoms with Crippen LogP contribution in [0.3, 0.4) is 0 Å². The van der Waals surface area contributed by atoms with Gasteiger partial charge in [0.05, 0.1) is 12.3 Å². The Bertz CT molecular complexity index is 311. The fourth-order valence-corrected chi connectivity index (χ4v) is 0.986. The van der Waals surface area contributed by atoms with Gasteiger partial charge in [-0.2, -0.15) is 0 Å². The van der Waals surface area contributed by atoms with Gasteiger partial charge in [-0.15, -0.1) is 0 Å². The minimum Gasteiger partial charge on any atom is -0.463 e. The molecule has 0 bridgehead atoms. The number of esters is 1. The molecular weight excluding hydrogens is 194 g/mol. The zero-order valence-electron chi connectivity index (χ0n) is 8.88. The van der Waals surface area contributed by atoms with Crippen LogP contribution in [0, 0.1) is 5.92 Å². The van der Waals surface area contributed by atoms with E-state index in [1.165, 1.54) is 6.20 Å². The van der Waals surface area contributed by atoms with Gasteiger partial charge in [-0.1, -0.05) is 19.9 Å². The standard InChI is InChI=1S/C11H15NO3/c1-8(2)7-15-11(14)10(13)9-5-3-4-6-12-9/h3-6,8,10,13H,7H2,1-2H3. The zero-order chi connectivity index (χ0) is 11.3. The molecule has 0 aliphatic rings. The van der Waals surface area contributed by atoms with Crippen molar-refractivity contribution in [1.82, 2.24) is 4.98 Å². The summed E-state index contributed by atoms with van der Waals surface area (Å²) in [5, 5.41) is 9.56. The molecule has 0 radical (unpaired) electrons. The van der Waals surface area contributed by atoms with E-state index in [1.54, 1.807) is 18.2 Å². The number of pyridine rings is 1. The molecule has 0 amide bonds. The van der Waals surface area contributed by atoms with E-state index in [4.69, 9.17) is 4.74 Å². The maximum atomic E-state index is 11.3. The number of aliphatic hydroxyl groups excluding tert-OH is 1. The number of aromatic nitrogens is 1. The predicted octanol–water partition coefficient (Wildman–Crippen LogP) is 1.31. The first-order valence-corrected chi connectivity index (χ1v) is 4.87. The highest BCUT2D eigenvalue weighted by molar-refractivity contribution is 5.75. The second-order valence-electron chi connectivity index (χ2n) is 3.68. The van der Waals surface area contributed by atoms with Gasteiger partial charge in [0, 0.05) is 6.20 Å². The van der Waals surface area contributed by atoms with Crippen LogP contribution in [0.2, 0.25) is 0 Å². The summed E-state index contributed by atoms with van der Waals surface area (Å²) in [6, 6.07) is 5.01. The highest BCUT2D eigenvalue weighted by Crippen LogP contribution is 2.11. The third-order valence-electron chi connectivity index (χ3n) is 1.75. The van der Waals surface area contributed by atoms with E-state index in [9.17, 15) is 9.90 Å². The van der Waals surface area contributed by atoms with Crippen molar-refractivity contribution >= 4 is 5.97 Å². The van der Waals surface area contributed by atoms with Crippen molar-refractivity contribution in [1.29, 1.82) is 0 Å². The number of carbonyl (C=O) groups excluding carboxylic acids is 1. The third-order valence-corrected chi connectivity index (χ3v) is 1.75. The normalized spacial score (nSPS) is 12.5. The lowest BCUT2D eigenvalue weighted by Gasteiger charge is -2.11. The summed E-state index contributed by atoms with van der Waals surface area (Å²) in [7, 11) is 0. The molecule has 82 valence electrons. The second kappa shape index (κ2) is 5.46. The van der Waals surface area contributed by atoms with Gasteiger partial charge < -0.3 is 9.84 Å². The topological polar surface area (TPSA) is 59.4 Å². The lowest BCUT2D eigenvalue weighted by Crippen LogP contribution is -2.18. The van der Waals surface area contributed by atoms with Crippen molar-refractivity contribution in [3.63, 3.8) is 0 Å². The highest BCUT2D eigenvalue weighted by atomic mass is 16.5. The quantitative estimate of drug-likeness (QED) is 0.760. The van der Waals surface area contributed by atoms with E-state index in [0.717, 1.165) is 0 Å². The molecule has 0 aliphatic carbocycles. The van der Waals surface area contributed by atoms with Crippen LogP contribution in [0.4, 0.5) is 0 Å². The van der Waals surface area contributed by atoms with Crippen molar-refractivity contribution in [3.05, 3.63) is 30.1 Å². The molecule has 15 heavy (non-hydrogen) atoms. The molecule has 1 aromatic rings. The Labute approximate surface area is 88.9 Å². The van der Waals surface area contributed by atoms with Crippen molar-refractivity contribution in [2.75, 3.05) is 6.61 Å². The Kier molecular flexibility index (Phi) is 4.24. The molecule has 1 heterocycles. The number of ether oxygens (including phenoxy) is 1. The average molecular weight is 209 g/mol. The predicted molar refractivity (Wildman–Crippen MR) is 55.0 cm³/mol. The van der Waals surface area contributed by atoms with E-state index in [0.29, 0.717) is 12.3 Å². The molecule has 0 aliphatic heterocycles. The Morgan fingerprint density at radius 3 is 2.80 bits per heavy atom.